The second kappa shape index (κ2) is 13.3. The largest absolute Gasteiger partial charge is 0.481 e. The zero-order valence-corrected chi connectivity index (χ0v) is 17.9. The summed E-state index contributed by atoms with van der Waals surface area (Å²) in [6.07, 6.45) is -0.419. The van der Waals surface area contributed by atoms with Crippen molar-refractivity contribution in [1.82, 2.24) is 16.0 Å². The van der Waals surface area contributed by atoms with E-state index in [9.17, 15) is 24.0 Å². The van der Waals surface area contributed by atoms with E-state index in [0.717, 1.165) is 0 Å². The van der Waals surface area contributed by atoms with Gasteiger partial charge in [-0.05, 0) is 12.3 Å². The minimum atomic E-state index is -1.27. The first-order valence-electron chi connectivity index (χ1n) is 8.77. The zero-order valence-electron chi connectivity index (χ0n) is 16.1. The molecule has 4 unspecified atom stereocenters. The minimum Gasteiger partial charge on any atom is -0.481 e. The third-order valence-corrected chi connectivity index (χ3v) is 4.60. The van der Waals surface area contributed by atoms with Gasteiger partial charge in [0.25, 0.3) is 0 Å². The predicted molar refractivity (Wildman–Crippen MR) is 111 cm³/mol. The zero-order chi connectivity index (χ0) is 22.7. The quantitative estimate of drug-likeness (QED) is 0.151. The molecular formula is C16H28N4O7S2. The van der Waals surface area contributed by atoms with E-state index >= 15 is 0 Å². The maximum atomic E-state index is 12.5. The van der Waals surface area contributed by atoms with Crippen LogP contribution in [0.4, 0.5) is 0 Å². The van der Waals surface area contributed by atoms with Crippen LogP contribution >= 0.6 is 25.3 Å². The van der Waals surface area contributed by atoms with Crippen LogP contribution in [0.25, 0.3) is 0 Å². The second-order valence-corrected chi connectivity index (χ2v) is 7.33. The van der Waals surface area contributed by atoms with E-state index in [2.05, 4.69) is 41.2 Å². The lowest BCUT2D eigenvalue weighted by molar-refractivity contribution is -0.142. The van der Waals surface area contributed by atoms with Crippen molar-refractivity contribution >= 4 is 54.9 Å². The molecule has 4 atom stereocenters. The molecule has 0 radical (unpaired) electrons. The van der Waals surface area contributed by atoms with Gasteiger partial charge in [-0.2, -0.15) is 25.3 Å². The molecule has 0 fully saturated rings. The third-order valence-electron chi connectivity index (χ3n) is 3.87. The Morgan fingerprint density at radius 2 is 1.38 bits per heavy atom. The smallest absolute Gasteiger partial charge is 0.327 e. The topological polar surface area (TPSA) is 188 Å². The van der Waals surface area contributed by atoms with Crippen LogP contribution in [-0.2, 0) is 24.0 Å². The van der Waals surface area contributed by atoms with Gasteiger partial charge in [-0.1, -0.05) is 13.8 Å². The first-order valence-corrected chi connectivity index (χ1v) is 10.0. The van der Waals surface area contributed by atoms with E-state index in [4.69, 9.17) is 15.9 Å². The van der Waals surface area contributed by atoms with E-state index in [-0.39, 0.29) is 30.3 Å². The number of carboxylic acid groups (broad SMARTS) is 2. The van der Waals surface area contributed by atoms with Gasteiger partial charge in [0.05, 0.1) is 6.04 Å². The average Bonchev–Trinajstić information content (AvgIpc) is 2.64. The molecule has 0 aromatic heterocycles. The van der Waals surface area contributed by atoms with Crippen molar-refractivity contribution in [3.05, 3.63) is 0 Å². The number of carboxylic acids is 2. The molecule has 0 rings (SSSR count). The Hall–Kier alpha value is -1.99. The summed E-state index contributed by atoms with van der Waals surface area (Å²) in [7, 11) is 0. The van der Waals surface area contributed by atoms with E-state index in [1.807, 2.05) is 0 Å². The van der Waals surface area contributed by atoms with Crippen LogP contribution in [0, 0.1) is 5.92 Å². The summed E-state index contributed by atoms with van der Waals surface area (Å²) in [4.78, 5) is 58.5. The minimum absolute atomic E-state index is 0.107. The van der Waals surface area contributed by atoms with Gasteiger partial charge >= 0.3 is 11.9 Å². The van der Waals surface area contributed by atoms with Crippen LogP contribution in [-0.4, -0.2) is 75.5 Å². The van der Waals surface area contributed by atoms with Crippen molar-refractivity contribution in [1.29, 1.82) is 0 Å². The fourth-order valence-electron chi connectivity index (χ4n) is 2.12. The van der Waals surface area contributed by atoms with Gasteiger partial charge in [0, 0.05) is 17.9 Å². The number of carbonyl (C=O) groups is 5. The summed E-state index contributed by atoms with van der Waals surface area (Å²) in [5.74, 6) is -5.16. The SMILES string of the molecule is CC(C)C(NC(=O)C(CS)NC(=O)C(N)CCC(=O)O)C(=O)NC(CS)C(=O)O. The lowest BCUT2D eigenvalue weighted by Gasteiger charge is -2.26. The van der Waals surface area contributed by atoms with Gasteiger partial charge in [0.2, 0.25) is 17.7 Å². The summed E-state index contributed by atoms with van der Waals surface area (Å²) in [6, 6.07) is -4.55. The standard InChI is InChI=1S/C16H28N4O7S2/c1-7(2)12(15(25)19-10(6-29)16(26)27)20-14(24)9(5-28)18-13(23)8(17)3-4-11(21)22/h7-10,12,28-29H,3-6,17H2,1-2H3,(H,18,23)(H,19,25)(H,20,24)(H,21,22)(H,26,27). The summed E-state index contributed by atoms with van der Waals surface area (Å²) in [5, 5.41) is 24.8. The van der Waals surface area contributed by atoms with Crippen LogP contribution in [0.5, 0.6) is 0 Å². The Morgan fingerprint density at radius 1 is 0.862 bits per heavy atom. The highest BCUT2D eigenvalue weighted by Crippen LogP contribution is 2.05. The molecule has 0 bridgehead atoms. The van der Waals surface area contributed by atoms with Crippen LogP contribution in [0.15, 0.2) is 0 Å². The number of hydrogen-bond acceptors (Lipinski definition) is 8. The molecule has 0 aromatic carbocycles. The average molecular weight is 453 g/mol. The number of amides is 3. The number of carbonyl (C=O) groups excluding carboxylic acids is 3. The summed E-state index contributed by atoms with van der Waals surface area (Å²) < 4.78 is 0. The summed E-state index contributed by atoms with van der Waals surface area (Å²) >= 11 is 7.87. The molecule has 11 nitrogen and oxygen atoms in total. The molecule has 0 heterocycles. The Labute approximate surface area is 179 Å². The molecule has 166 valence electrons. The van der Waals surface area contributed by atoms with Crippen molar-refractivity contribution in [2.24, 2.45) is 11.7 Å². The predicted octanol–water partition coefficient (Wildman–Crippen LogP) is -1.77. The Morgan fingerprint density at radius 3 is 1.79 bits per heavy atom. The van der Waals surface area contributed by atoms with Gasteiger partial charge in [-0.25, -0.2) is 4.79 Å². The van der Waals surface area contributed by atoms with Crippen LogP contribution in [0.3, 0.4) is 0 Å². The molecule has 29 heavy (non-hydrogen) atoms. The van der Waals surface area contributed by atoms with E-state index in [1.165, 1.54) is 0 Å². The number of nitrogens with one attached hydrogen (secondary N) is 3. The highest BCUT2D eigenvalue weighted by molar-refractivity contribution is 7.80. The molecule has 0 saturated carbocycles. The summed E-state index contributed by atoms with van der Waals surface area (Å²) in [6.45, 7) is 3.30. The summed E-state index contributed by atoms with van der Waals surface area (Å²) in [5.41, 5.74) is 5.61. The molecule has 3 amide bonds. The number of hydrogen-bond donors (Lipinski definition) is 8. The monoisotopic (exact) mass is 452 g/mol. The fourth-order valence-corrected chi connectivity index (χ4v) is 2.62. The molecular weight excluding hydrogens is 424 g/mol. The van der Waals surface area contributed by atoms with Crippen molar-refractivity contribution in [2.45, 2.75) is 50.9 Å². The Balaban J connectivity index is 5.04. The molecule has 0 spiro atoms. The lowest BCUT2D eigenvalue weighted by Crippen LogP contribution is -2.59. The van der Waals surface area contributed by atoms with Crippen molar-refractivity contribution in [2.75, 3.05) is 11.5 Å². The van der Waals surface area contributed by atoms with Crippen LogP contribution in [0.1, 0.15) is 26.7 Å². The van der Waals surface area contributed by atoms with Gasteiger partial charge in [-0.15, -0.1) is 0 Å². The first-order chi connectivity index (χ1) is 13.4. The molecule has 0 aliphatic carbocycles. The number of nitrogens with two attached hydrogens (primary N) is 1. The van der Waals surface area contributed by atoms with Crippen LogP contribution < -0.4 is 21.7 Å². The molecule has 0 aromatic rings. The molecule has 0 aliphatic rings. The van der Waals surface area contributed by atoms with Gasteiger partial charge in [0.15, 0.2) is 0 Å². The van der Waals surface area contributed by atoms with Gasteiger partial charge in [-0.3, -0.25) is 19.2 Å². The second-order valence-electron chi connectivity index (χ2n) is 6.59. The maximum Gasteiger partial charge on any atom is 0.327 e. The lowest BCUT2D eigenvalue weighted by atomic mass is 10.0. The number of rotatable bonds is 13. The Bertz CT molecular complexity index is 618. The normalized spacial score (nSPS) is 15.0. The number of thiol groups is 2. The van der Waals surface area contributed by atoms with E-state index < -0.39 is 53.8 Å². The van der Waals surface area contributed by atoms with E-state index in [1.54, 1.807) is 13.8 Å². The third kappa shape index (κ3) is 9.85. The molecule has 0 aliphatic heterocycles. The Kier molecular flexibility index (Phi) is 12.4. The van der Waals surface area contributed by atoms with Gasteiger partial charge in [0.1, 0.15) is 18.1 Å². The maximum absolute atomic E-state index is 12.5. The highest BCUT2D eigenvalue weighted by Gasteiger charge is 2.31. The van der Waals surface area contributed by atoms with Crippen molar-refractivity contribution in [3.8, 4) is 0 Å². The molecule has 7 N–H and O–H groups in total. The number of aliphatic carboxylic acids is 2. The van der Waals surface area contributed by atoms with Crippen molar-refractivity contribution < 1.29 is 34.2 Å². The van der Waals surface area contributed by atoms with Crippen molar-refractivity contribution in [3.63, 3.8) is 0 Å². The van der Waals surface area contributed by atoms with Gasteiger partial charge < -0.3 is 31.9 Å². The van der Waals surface area contributed by atoms with Crippen LogP contribution in [0.2, 0.25) is 0 Å². The first kappa shape index (κ1) is 27.0. The fraction of sp³-hybridized carbons (Fsp3) is 0.688. The van der Waals surface area contributed by atoms with E-state index in [0.29, 0.717) is 0 Å². The molecule has 13 heteroatoms. The highest BCUT2D eigenvalue weighted by atomic mass is 32.1. The molecule has 0 saturated heterocycles.